The first kappa shape index (κ1) is 17.8. The third-order valence-corrected chi connectivity index (χ3v) is 6.66. The van der Waals surface area contributed by atoms with E-state index in [4.69, 9.17) is 14.8 Å². The third kappa shape index (κ3) is 3.67. The highest BCUT2D eigenvalue weighted by molar-refractivity contribution is 7.92. The molecule has 10 heteroatoms. The molecule has 2 fully saturated rings. The van der Waals surface area contributed by atoms with Crippen molar-refractivity contribution in [1.82, 2.24) is 19.7 Å². The number of aromatic nitrogens is 3. The van der Waals surface area contributed by atoms with E-state index < -0.39 is 21.4 Å². The summed E-state index contributed by atoms with van der Waals surface area (Å²) < 4.78 is 27.0. The summed E-state index contributed by atoms with van der Waals surface area (Å²) in [7, 11) is -2.50. The van der Waals surface area contributed by atoms with Crippen molar-refractivity contribution in [2.75, 3.05) is 31.2 Å². The van der Waals surface area contributed by atoms with Gasteiger partial charge < -0.3 is 9.64 Å². The zero-order valence-corrected chi connectivity index (χ0v) is 15.0. The molecule has 25 heavy (non-hydrogen) atoms. The zero-order chi connectivity index (χ0) is 18.1. The molecule has 0 saturated carbocycles. The van der Waals surface area contributed by atoms with Gasteiger partial charge in [0.05, 0.1) is 12.2 Å². The van der Waals surface area contributed by atoms with Crippen molar-refractivity contribution in [3.63, 3.8) is 0 Å². The molecule has 9 nitrogen and oxygen atoms in total. The lowest BCUT2D eigenvalue weighted by atomic mass is 9.94. The second-order valence-corrected chi connectivity index (χ2v) is 9.04. The SMILES string of the molecule is CCC(C(=O)N1CCOC2(CCS(=N)(=O)CC2)C1)n1cnc(C#N)n1. The Labute approximate surface area is 146 Å². The number of hydrogen-bond acceptors (Lipinski definition) is 7. The molecule has 2 saturated heterocycles. The zero-order valence-electron chi connectivity index (χ0n) is 14.2. The monoisotopic (exact) mass is 366 g/mol. The van der Waals surface area contributed by atoms with Gasteiger partial charge in [-0.25, -0.2) is 13.9 Å². The largest absolute Gasteiger partial charge is 0.371 e. The average Bonchev–Trinajstić information content (AvgIpc) is 3.08. The van der Waals surface area contributed by atoms with E-state index in [0.29, 0.717) is 50.5 Å². The van der Waals surface area contributed by atoms with Crippen LogP contribution < -0.4 is 0 Å². The van der Waals surface area contributed by atoms with Crippen LogP contribution in [0.4, 0.5) is 0 Å². The van der Waals surface area contributed by atoms with E-state index >= 15 is 0 Å². The fraction of sp³-hybridized carbons (Fsp3) is 0.733. The van der Waals surface area contributed by atoms with Gasteiger partial charge in [-0.15, -0.1) is 5.10 Å². The van der Waals surface area contributed by atoms with E-state index in [9.17, 15) is 9.00 Å². The normalized spacial score (nSPS) is 30.8. The first-order valence-corrected chi connectivity index (χ1v) is 10.3. The minimum absolute atomic E-state index is 0.0437. The summed E-state index contributed by atoms with van der Waals surface area (Å²) in [5.41, 5.74) is -0.492. The van der Waals surface area contributed by atoms with Crippen molar-refractivity contribution in [3.8, 4) is 6.07 Å². The van der Waals surface area contributed by atoms with Gasteiger partial charge in [-0.05, 0) is 19.3 Å². The molecule has 1 N–H and O–H groups in total. The summed E-state index contributed by atoms with van der Waals surface area (Å²) in [6.07, 6.45) is 3.03. The molecule has 0 aliphatic carbocycles. The van der Waals surface area contributed by atoms with Gasteiger partial charge in [-0.3, -0.25) is 9.57 Å². The average molecular weight is 366 g/mol. The van der Waals surface area contributed by atoms with Crippen molar-refractivity contribution in [2.24, 2.45) is 0 Å². The lowest BCUT2D eigenvalue weighted by Crippen LogP contribution is -2.57. The molecule has 2 aliphatic rings. The standard InChI is InChI=1S/C15H22N6O3S/c1-2-12(21-11-18-13(9-16)19-21)14(22)20-5-6-24-15(10-20)3-7-25(17,23)8-4-15/h11-12,17H,2-8,10H2,1H3. The van der Waals surface area contributed by atoms with Gasteiger partial charge in [0, 0.05) is 34.3 Å². The molecule has 1 aromatic rings. The Bertz CT molecular complexity index is 782. The second kappa shape index (κ2) is 6.72. The van der Waals surface area contributed by atoms with Gasteiger partial charge in [0.1, 0.15) is 18.4 Å². The highest BCUT2D eigenvalue weighted by atomic mass is 32.2. The molecular weight excluding hydrogens is 344 g/mol. The summed E-state index contributed by atoms with van der Waals surface area (Å²) in [6, 6.07) is 1.36. The van der Waals surface area contributed by atoms with Crippen molar-refractivity contribution in [2.45, 2.75) is 37.8 Å². The maximum absolute atomic E-state index is 13.0. The topological polar surface area (TPSA) is 125 Å². The van der Waals surface area contributed by atoms with Crippen LogP contribution in [0.25, 0.3) is 0 Å². The molecule has 1 amide bonds. The number of carbonyl (C=O) groups excluding carboxylic acids is 1. The molecule has 1 spiro atoms. The Morgan fingerprint density at radius 2 is 2.28 bits per heavy atom. The van der Waals surface area contributed by atoms with Crippen molar-refractivity contribution < 1.29 is 13.7 Å². The fourth-order valence-corrected chi connectivity index (χ4v) is 5.03. The number of nitrogens with zero attached hydrogens (tertiary/aromatic N) is 5. The van der Waals surface area contributed by atoms with Crippen LogP contribution in [-0.2, 0) is 19.3 Å². The molecule has 0 aromatic carbocycles. The summed E-state index contributed by atoms with van der Waals surface area (Å²) in [6.45, 7) is 3.26. The molecule has 3 rings (SSSR count). The number of nitriles is 1. The lowest BCUT2D eigenvalue weighted by molar-refractivity contribution is -0.155. The van der Waals surface area contributed by atoms with Crippen LogP contribution in [0.15, 0.2) is 6.33 Å². The Balaban J connectivity index is 1.74. The van der Waals surface area contributed by atoms with Gasteiger partial charge in [-0.2, -0.15) is 5.26 Å². The first-order chi connectivity index (χ1) is 11.9. The molecule has 1 atom stereocenters. The number of carbonyl (C=O) groups is 1. The minimum Gasteiger partial charge on any atom is -0.371 e. The van der Waals surface area contributed by atoms with E-state index in [1.807, 2.05) is 13.0 Å². The predicted molar refractivity (Wildman–Crippen MR) is 89.2 cm³/mol. The summed E-state index contributed by atoms with van der Waals surface area (Å²) in [4.78, 5) is 18.6. The van der Waals surface area contributed by atoms with Gasteiger partial charge in [0.15, 0.2) is 0 Å². The van der Waals surface area contributed by atoms with Crippen molar-refractivity contribution in [1.29, 1.82) is 10.0 Å². The summed E-state index contributed by atoms with van der Waals surface area (Å²) in [5.74, 6) is 0.612. The number of ether oxygens (including phenoxy) is 1. The van der Waals surface area contributed by atoms with Gasteiger partial charge >= 0.3 is 0 Å². The highest BCUT2D eigenvalue weighted by Crippen LogP contribution is 2.32. The number of morpholine rings is 1. The van der Waals surface area contributed by atoms with Crippen LogP contribution >= 0.6 is 0 Å². The Morgan fingerprint density at radius 3 is 2.88 bits per heavy atom. The van der Waals surface area contributed by atoms with E-state index in [1.165, 1.54) is 11.0 Å². The molecule has 0 radical (unpaired) electrons. The molecule has 3 heterocycles. The van der Waals surface area contributed by atoms with Gasteiger partial charge in [-0.1, -0.05) is 6.92 Å². The quantitative estimate of drug-likeness (QED) is 0.832. The number of hydrogen-bond donors (Lipinski definition) is 1. The van der Waals surface area contributed by atoms with E-state index in [1.54, 1.807) is 4.90 Å². The minimum atomic E-state index is -2.50. The van der Waals surface area contributed by atoms with Crippen LogP contribution in [0.5, 0.6) is 0 Å². The maximum atomic E-state index is 13.0. The van der Waals surface area contributed by atoms with E-state index in [0.717, 1.165) is 0 Å². The van der Waals surface area contributed by atoms with E-state index in [2.05, 4.69) is 10.1 Å². The van der Waals surface area contributed by atoms with Gasteiger partial charge in [0.25, 0.3) is 5.82 Å². The second-order valence-electron chi connectivity index (χ2n) is 6.60. The Morgan fingerprint density at radius 1 is 1.56 bits per heavy atom. The summed E-state index contributed by atoms with van der Waals surface area (Å²) >= 11 is 0. The molecule has 1 unspecified atom stereocenters. The molecule has 136 valence electrons. The van der Waals surface area contributed by atoms with Crippen LogP contribution in [0.3, 0.4) is 0 Å². The lowest BCUT2D eigenvalue weighted by Gasteiger charge is -2.45. The van der Waals surface area contributed by atoms with Crippen molar-refractivity contribution in [3.05, 3.63) is 12.2 Å². The smallest absolute Gasteiger partial charge is 0.252 e. The maximum Gasteiger partial charge on any atom is 0.252 e. The third-order valence-electron chi connectivity index (χ3n) is 4.93. The molecule has 2 aliphatic heterocycles. The summed E-state index contributed by atoms with van der Waals surface area (Å²) in [5, 5.41) is 12.9. The Kier molecular flexibility index (Phi) is 4.79. The molecule has 0 bridgehead atoms. The Hall–Kier alpha value is -1.99. The van der Waals surface area contributed by atoms with Gasteiger partial charge in [0.2, 0.25) is 5.91 Å². The van der Waals surface area contributed by atoms with Crippen LogP contribution in [-0.4, -0.2) is 66.6 Å². The van der Waals surface area contributed by atoms with Crippen LogP contribution in [0.2, 0.25) is 0 Å². The number of nitrogens with one attached hydrogen (secondary N) is 1. The predicted octanol–water partition coefficient (Wildman–Crippen LogP) is 0.539. The highest BCUT2D eigenvalue weighted by Gasteiger charge is 2.43. The first-order valence-electron chi connectivity index (χ1n) is 8.36. The molecular formula is C15H22N6O3S. The molecule has 1 aromatic heterocycles. The number of rotatable bonds is 3. The van der Waals surface area contributed by atoms with Crippen molar-refractivity contribution >= 4 is 15.6 Å². The fourth-order valence-electron chi connectivity index (χ4n) is 3.43. The van der Waals surface area contributed by atoms with E-state index in [-0.39, 0.29) is 11.7 Å². The number of amides is 1. The van der Waals surface area contributed by atoms with Crippen LogP contribution in [0.1, 0.15) is 38.1 Å². The van der Waals surface area contributed by atoms with Crippen LogP contribution in [0, 0.1) is 16.1 Å².